The van der Waals surface area contributed by atoms with Crippen LogP contribution in [0.3, 0.4) is 0 Å². The molecule has 0 amide bonds. The number of nitrogens with zero attached hydrogens (tertiary/aromatic N) is 2. The number of aromatic nitrogens is 3. The minimum Gasteiger partial charge on any atom is -0.385 e. The Balaban J connectivity index is 1.97. The zero-order chi connectivity index (χ0) is 10.9. The topological polar surface area (TPSA) is 62.8 Å². The third-order valence-electron chi connectivity index (χ3n) is 2.30. The lowest BCUT2D eigenvalue weighted by Crippen LogP contribution is -2.28. The number of hydrogen-bond acceptors (Lipinski definition) is 4. The van der Waals surface area contributed by atoms with Crippen LogP contribution in [0.4, 0.5) is 0 Å². The lowest BCUT2D eigenvalue weighted by atomic mass is 10.2. The predicted molar refractivity (Wildman–Crippen MR) is 58.7 cm³/mol. The summed E-state index contributed by atoms with van der Waals surface area (Å²) in [5.74, 6) is 0.960. The van der Waals surface area contributed by atoms with Gasteiger partial charge in [-0.3, -0.25) is 5.10 Å². The first-order valence-electron chi connectivity index (χ1n) is 5.39. The average Bonchev–Trinajstić information content (AvgIpc) is 2.74. The molecule has 1 aromatic heterocycles. The van der Waals surface area contributed by atoms with Gasteiger partial charge in [0.25, 0.3) is 0 Å². The molecule has 0 fully saturated rings. The molecule has 0 saturated carbocycles. The summed E-state index contributed by atoms with van der Waals surface area (Å²) in [5.41, 5.74) is 0. The monoisotopic (exact) mass is 212 g/mol. The number of aromatic amines is 1. The fourth-order valence-corrected chi connectivity index (χ4v) is 1.35. The molecule has 1 aromatic rings. The molecule has 0 aliphatic carbocycles. The van der Waals surface area contributed by atoms with Crippen molar-refractivity contribution in [2.24, 2.45) is 0 Å². The van der Waals surface area contributed by atoms with Gasteiger partial charge in [0.15, 0.2) is 0 Å². The SMILES string of the molecule is COCCC(C)NCCCc1ncn[nH]1. The van der Waals surface area contributed by atoms with Gasteiger partial charge in [0.1, 0.15) is 12.2 Å². The smallest absolute Gasteiger partial charge is 0.137 e. The summed E-state index contributed by atoms with van der Waals surface area (Å²) in [6, 6.07) is 0.514. The number of H-pyrrole nitrogens is 1. The van der Waals surface area contributed by atoms with Gasteiger partial charge in [-0.25, -0.2) is 4.98 Å². The molecular weight excluding hydrogens is 192 g/mol. The van der Waals surface area contributed by atoms with Crippen molar-refractivity contribution in [3.8, 4) is 0 Å². The van der Waals surface area contributed by atoms with Crippen LogP contribution < -0.4 is 5.32 Å². The van der Waals surface area contributed by atoms with Crippen molar-refractivity contribution in [1.82, 2.24) is 20.5 Å². The van der Waals surface area contributed by atoms with Gasteiger partial charge in [-0.1, -0.05) is 0 Å². The Bertz CT molecular complexity index is 238. The lowest BCUT2D eigenvalue weighted by Gasteiger charge is -2.12. The summed E-state index contributed by atoms with van der Waals surface area (Å²) in [6.07, 6.45) is 4.62. The number of nitrogens with one attached hydrogen (secondary N) is 2. The summed E-state index contributed by atoms with van der Waals surface area (Å²) in [7, 11) is 1.73. The highest BCUT2D eigenvalue weighted by Gasteiger charge is 2.00. The molecule has 1 heterocycles. The average molecular weight is 212 g/mol. The van der Waals surface area contributed by atoms with Crippen molar-refractivity contribution in [3.05, 3.63) is 12.2 Å². The van der Waals surface area contributed by atoms with E-state index in [1.54, 1.807) is 13.4 Å². The van der Waals surface area contributed by atoms with Crippen LogP contribution in [0, 0.1) is 0 Å². The van der Waals surface area contributed by atoms with Gasteiger partial charge in [0.2, 0.25) is 0 Å². The van der Waals surface area contributed by atoms with Gasteiger partial charge in [-0.2, -0.15) is 5.10 Å². The first-order valence-corrected chi connectivity index (χ1v) is 5.39. The molecular formula is C10H20N4O. The highest BCUT2D eigenvalue weighted by molar-refractivity contribution is 4.79. The summed E-state index contributed by atoms with van der Waals surface area (Å²) < 4.78 is 5.01. The molecule has 0 aliphatic rings. The van der Waals surface area contributed by atoms with Crippen molar-refractivity contribution in [2.45, 2.75) is 32.2 Å². The Kier molecular flexibility index (Phi) is 5.96. The molecule has 1 rings (SSSR count). The molecule has 0 aliphatic heterocycles. The molecule has 5 nitrogen and oxygen atoms in total. The molecule has 0 spiro atoms. The molecule has 1 unspecified atom stereocenters. The van der Waals surface area contributed by atoms with Gasteiger partial charge < -0.3 is 10.1 Å². The maximum absolute atomic E-state index is 5.01. The van der Waals surface area contributed by atoms with Crippen LogP contribution in [-0.4, -0.2) is 41.5 Å². The van der Waals surface area contributed by atoms with Crippen molar-refractivity contribution >= 4 is 0 Å². The Morgan fingerprint density at radius 3 is 3.13 bits per heavy atom. The maximum Gasteiger partial charge on any atom is 0.137 e. The van der Waals surface area contributed by atoms with Crippen molar-refractivity contribution in [2.75, 3.05) is 20.3 Å². The van der Waals surface area contributed by atoms with E-state index in [1.165, 1.54) is 0 Å². The van der Waals surface area contributed by atoms with Crippen LogP contribution in [0.1, 0.15) is 25.6 Å². The second kappa shape index (κ2) is 7.36. The third-order valence-corrected chi connectivity index (χ3v) is 2.30. The van der Waals surface area contributed by atoms with Gasteiger partial charge in [-0.05, 0) is 26.3 Å². The zero-order valence-corrected chi connectivity index (χ0v) is 9.49. The Morgan fingerprint density at radius 2 is 2.47 bits per heavy atom. The summed E-state index contributed by atoms with van der Waals surface area (Å²) >= 11 is 0. The Morgan fingerprint density at radius 1 is 1.60 bits per heavy atom. The number of rotatable bonds is 8. The summed E-state index contributed by atoms with van der Waals surface area (Å²) in [6.45, 7) is 4.00. The zero-order valence-electron chi connectivity index (χ0n) is 9.49. The van der Waals surface area contributed by atoms with Gasteiger partial charge in [0, 0.05) is 26.2 Å². The Hall–Kier alpha value is -0.940. The van der Waals surface area contributed by atoms with E-state index in [1.807, 2.05) is 0 Å². The van der Waals surface area contributed by atoms with Gasteiger partial charge >= 0.3 is 0 Å². The summed E-state index contributed by atoms with van der Waals surface area (Å²) in [4.78, 5) is 4.07. The molecule has 0 radical (unpaired) electrons. The molecule has 0 saturated heterocycles. The highest BCUT2D eigenvalue weighted by atomic mass is 16.5. The quantitative estimate of drug-likeness (QED) is 0.624. The molecule has 2 N–H and O–H groups in total. The van der Waals surface area contributed by atoms with Crippen LogP contribution in [0.5, 0.6) is 0 Å². The first-order chi connectivity index (χ1) is 7.33. The minimum absolute atomic E-state index is 0.514. The van der Waals surface area contributed by atoms with Gasteiger partial charge in [-0.15, -0.1) is 0 Å². The summed E-state index contributed by atoms with van der Waals surface area (Å²) in [5, 5.41) is 10.1. The van der Waals surface area contributed by atoms with Crippen LogP contribution >= 0.6 is 0 Å². The second-order valence-electron chi connectivity index (χ2n) is 3.67. The molecule has 5 heteroatoms. The van der Waals surface area contributed by atoms with E-state index in [0.717, 1.165) is 38.2 Å². The van der Waals surface area contributed by atoms with Crippen LogP contribution in [-0.2, 0) is 11.2 Å². The van der Waals surface area contributed by atoms with Crippen molar-refractivity contribution < 1.29 is 4.74 Å². The van der Waals surface area contributed by atoms with E-state index in [4.69, 9.17) is 4.74 Å². The minimum atomic E-state index is 0.514. The number of ether oxygens (including phenoxy) is 1. The van der Waals surface area contributed by atoms with E-state index in [-0.39, 0.29) is 0 Å². The predicted octanol–water partition coefficient (Wildman–Crippen LogP) is 0.752. The fraction of sp³-hybridized carbons (Fsp3) is 0.800. The van der Waals surface area contributed by atoms with E-state index >= 15 is 0 Å². The number of aryl methyl sites for hydroxylation is 1. The van der Waals surface area contributed by atoms with Crippen molar-refractivity contribution in [1.29, 1.82) is 0 Å². The van der Waals surface area contributed by atoms with Crippen LogP contribution in [0.15, 0.2) is 6.33 Å². The molecule has 15 heavy (non-hydrogen) atoms. The van der Waals surface area contributed by atoms with E-state index in [2.05, 4.69) is 27.4 Å². The van der Waals surface area contributed by atoms with Crippen LogP contribution in [0.2, 0.25) is 0 Å². The number of methoxy groups -OCH3 is 1. The fourth-order valence-electron chi connectivity index (χ4n) is 1.35. The largest absolute Gasteiger partial charge is 0.385 e. The maximum atomic E-state index is 5.01. The molecule has 86 valence electrons. The third kappa shape index (κ3) is 5.49. The van der Waals surface area contributed by atoms with Crippen molar-refractivity contribution in [3.63, 3.8) is 0 Å². The Labute approximate surface area is 90.6 Å². The molecule has 0 bridgehead atoms. The molecule has 1 atom stereocenters. The highest BCUT2D eigenvalue weighted by Crippen LogP contribution is 1.94. The second-order valence-corrected chi connectivity index (χ2v) is 3.67. The van der Waals surface area contributed by atoms with E-state index < -0.39 is 0 Å². The first kappa shape index (κ1) is 12.1. The van der Waals surface area contributed by atoms with Gasteiger partial charge in [0.05, 0.1) is 0 Å². The normalized spacial score (nSPS) is 12.9. The standard InChI is InChI=1S/C10H20N4O/c1-9(5-7-15-2)11-6-3-4-10-12-8-13-14-10/h8-9,11H,3-7H2,1-2H3,(H,12,13,14). The van der Waals surface area contributed by atoms with E-state index in [0.29, 0.717) is 6.04 Å². The molecule has 0 aromatic carbocycles. The lowest BCUT2D eigenvalue weighted by molar-refractivity contribution is 0.185. The van der Waals surface area contributed by atoms with Crippen LogP contribution in [0.25, 0.3) is 0 Å². The number of hydrogen-bond donors (Lipinski definition) is 2. The van der Waals surface area contributed by atoms with E-state index in [9.17, 15) is 0 Å².